The van der Waals surface area contributed by atoms with E-state index in [1.165, 1.54) is 38.0 Å². The molecule has 0 radical (unpaired) electrons. The number of aryl methyl sites for hydroxylation is 1. The zero-order valence-electron chi connectivity index (χ0n) is 15.9. The summed E-state index contributed by atoms with van der Waals surface area (Å²) in [7, 11) is -0.704. The molecule has 0 bridgehead atoms. The summed E-state index contributed by atoms with van der Waals surface area (Å²) in [6.07, 6.45) is 0. The van der Waals surface area contributed by atoms with Crippen LogP contribution in [0.5, 0.6) is 0 Å². The third-order valence-corrected chi connectivity index (χ3v) is 7.40. The van der Waals surface area contributed by atoms with E-state index in [1.54, 1.807) is 31.2 Å². The van der Waals surface area contributed by atoms with Gasteiger partial charge in [0, 0.05) is 30.2 Å². The van der Waals surface area contributed by atoms with Crippen molar-refractivity contribution in [3.8, 4) is 0 Å². The molecular formula is C19H21N3O4S2. The second kappa shape index (κ2) is 7.57. The third-order valence-electron chi connectivity index (χ3n) is 4.41. The van der Waals surface area contributed by atoms with Crippen LogP contribution in [0.15, 0.2) is 46.2 Å². The highest BCUT2D eigenvalue weighted by Gasteiger charge is 2.24. The normalized spacial score (nSPS) is 16.5. The second-order valence-electron chi connectivity index (χ2n) is 6.68. The Balaban J connectivity index is 1.88. The average Bonchev–Trinajstić information content (AvgIpc) is 2.63. The van der Waals surface area contributed by atoms with Crippen LogP contribution in [0.1, 0.15) is 22.8 Å². The lowest BCUT2D eigenvalue weighted by Gasteiger charge is -2.21. The number of thioether (sulfide) groups is 1. The minimum Gasteiger partial charge on any atom is -0.324 e. The quantitative estimate of drug-likeness (QED) is 0.794. The predicted molar refractivity (Wildman–Crippen MR) is 110 cm³/mol. The molecule has 1 atom stereocenters. The number of carbonyl (C=O) groups excluding carboxylic acids is 2. The van der Waals surface area contributed by atoms with E-state index < -0.39 is 10.0 Å². The van der Waals surface area contributed by atoms with Crippen LogP contribution in [-0.2, 0) is 14.8 Å². The van der Waals surface area contributed by atoms with Gasteiger partial charge >= 0.3 is 0 Å². The average molecular weight is 420 g/mol. The van der Waals surface area contributed by atoms with Crippen molar-refractivity contribution in [2.45, 2.75) is 28.9 Å². The van der Waals surface area contributed by atoms with Gasteiger partial charge in [-0.2, -0.15) is 0 Å². The molecule has 1 heterocycles. The van der Waals surface area contributed by atoms with Gasteiger partial charge in [0.1, 0.15) is 0 Å². The molecule has 0 spiro atoms. The summed E-state index contributed by atoms with van der Waals surface area (Å²) in [5.74, 6) is -0.490. The number of sulfonamides is 1. The number of anilines is 2. The molecule has 1 unspecified atom stereocenters. The molecule has 9 heteroatoms. The predicted octanol–water partition coefficient (Wildman–Crippen LogP) is 2.93. The molecule has 2 aromatic carbocycles. The highest BCUT2D eigenvalue weighted by molar-refractivity contribution is 8.01. The van der Waals surface area contributed by atoms with Crippen LogP contribution in [0.25, 0.3) is 0 Å². The molecule has 2 aromatic rings. The van der Waals surface area contributed by atoms with E-state index in [1.807, 2.05) is 6.92 Å². The molecule has 0 saturated carbocycles. The van der Waals surface area contributed by atoms with Crippen LogP contribution >= 0.6 is 11.8 Å². The van der Waals surface area contributed by atoms with E-state index in [4.69, 9.17) is 0 Å². The molecular weight excluding hydrogens is 398 g/mol. The zero-order chi connectivity index (χ0) is 20.6. The fourth-order valence-electron chi connectivity index (χ4n) is 2.65. The van der Waals surface area contributed by atoms with Gasteiger partial charge in [-0.3, -0.25) is 9.59 Å². The SMILES string of the molecule is Cc1ccc(S(=O)(=O)N(C)C)cc1NC(=O)c1ccc2c(c1)NC(=O)C(C)S2. The van der Waals surface area contributed by atoms with Gasteiger partial charge in [0.25, 0.3) is 5.91 Å². The van der Waals surface area contributed by atoms with Crippen LogP contribution in [0.2, 0.25) is 0 Å². The first-order chi connectivity index (χ1) is 13.1. The van der Waals surface area contributed by atoms with Crippen LogP contribution < -0.4 is 10.6 Å². The Morgan fingerprint density at radius 2 is 1.89 bits per heavy atom. The summed E-state index contributed by atoms with van der Waals surface area (Å²) >= 11 is 1.44. The van der Waals surface area contributed by atoms with Crippen LogP contribution in [0.3, 0.4) is 0 Å². The standard InChI is InChI=1S/C19H21N3O4S2/c1-11-5-7-14(28(25,26)22(3)4)10-15(11)20-19(24)13-6-8-17-16(9-13)21-18(23)12(2)27-17/h5-10,12H,1-4H3,(H,20,24)(H,21,23). The van der Waals surface area contributed by atoms with E-state index in [0.29, 0.717) is 16.9 Å². The Hall–Kier alpha value is -2.36. The maximum atomic E-state index is 12.7. The summed E-state index contributed by atoms with van der Waals surface area (Å²) in [5, 5.41) is 5.38. The summed E-state index contributed by atoms with van der Waals surface area (Å²) < 4.78 is 25.8. The van der Waals surface area contributed by atoms with E-state index in [-0.39, 0.29) is 22.0 Å². The van der Waals surface area contributed by atoms with Crippen molar-refractivity contribution in [1.82, 2.24) is 4.31 Å². The monoisotopic (exact) mass is 419 g/mol. The molecule has 0 aromatic heterocycles. The Labute approximate surface area is 168 Å². The number of benzene rings is 2. The van der Waals surface area contributed by atoms with Gasteiger partial charge in [-0.15, -0.1) is 11.8 Å². The number of carbonyl (C=O) groups is 2. The molecule has 0 fully saturated rings. The third kappa shape index (κ3) is 3.91. The lowest BCUT2D eigenvalue weighted by atomic mass is 10.1. The lowest BCUT2D eigenvalue weighted by molar-refractivity contribution is -0.115. The van der Waals surface area contributed by atoms with Crippen LogP contribution in [-0.4, -0.2) is 43.9 Å². The Bertz CT molecular complexity index is 1060. The van der Waals surface area contributed by atoms with E-state index in [9.17, 15) is 18.0 Å². The minimum atomic E-state index is -3.61. The highest BCUT2D eigenvalue weighted by Crippen LogP contribution is 2.36. The molecule has 2 N–H and O–H groups in total. The van der Waals surface area contributed by atoms with Gasteiger partial charge in [0.15, 0.2) is 0 Å². The van der Waals surface area contributed by atoms with E-state index >= 15 is 0 Å². The number of fused-ring (bicyclic) bond motifs is 1. The Kier molecular flexibility index (Phi) is 5.51. The minimum absolute atomic E-state index is 0.0986. The fraction of sp³-hybridized carbons (Fsp3) is 0.263. The topological polar surface area (TPSA) is 95.6 Å². The number of nitrogens with one attached hydrogen (secondary N) is 2. The van der Waals surface area contributed by atoms with Gasteiger partial charge in [0.05, 0.1) is 15.8 Å². The summed E-state index contributed by atoms with van der Waals surface area (Å²) in [6.45, 7) is 3.61. The van der Waals surface area contributed by atoms with Gasteiger partial charge in [-0.25, -0.2) is 12.7 Å². The van der Waals surface area contributed by atoms with Crippen molar-refractivity contribution in [3.05, 3.63) is 47.5 Å². The smallest absolute Gasteiger partial charge is 0.255 e. The van der Waals surface area contributed by atoms with E-state index in [2.05, 4.69) is 10.6 Å². The van der Waals surface area contributed by atoms with Gasteiger partial charge < -0.3 is 10.6 Å². The maximum Gasteiger partial charge on any atom is 0.255 e. The number of amides is 2. The first kappa shape index (κ1) is 20.4. The maximum absolute atomic E-state index is 12.7. The number of hydrogen-bond acceptors (Lipinski definition) is 5. The zero-order valence-corrected chi connectivity index (χ0v) is 17.6. The molecule has 28 heavy (non-hydrogen) atoms. The van der Waals surface area contributed by atoms with Crippen molar-refractivity contribution in [3.63, 3.8) is 0 Å². The van der Waals surface area contributed by atoms with Gasteiger partial charge in [-0.05, 0) is 49.7 Å². The van der Waals surface area contributed by atoms with E-state index in [0.717, 1.165) is 14.8 Å². The molecule has 3 rings (SSSR count). The molecule has 0 saturated heterocycles. The number of rotatable bonds is 4. The molecule has 148 valence electrons. The van der Waals surface area contributed by atoms with Crippen LogP contribution in [0, 0.1) is 6.92 Å². The summed E-state index contributed by atoms with van der Waals surface area (Å²) in [6, 6.07) is 9.70. The van der Waals surface area contributed by atoms with Crippen molar-refractivity contribution >= 4 is 45.0 Å². The van der Waals surface area contributed by atoms with Crippen molar-refractivity contribution in [1.29, 1.82) is 0 Å². The van der Waals surface area contributed by atoms with Crippen molar-refractivity contribution in [2.75, 3.05) is 24.7 Å². The second-order valence-corrected chi connectivity index (χ2v) is 10.2. The molecule has 0 aliphatic carbocycles. The molecule has 7 nitrogen and oxygen atoms in total. The largest absolute Gasteiger partial charge is 0.324 e. The number of hydrogen-bond donors (Lipinski definition) is 2. The van der Waals surface area contributed by atoms with Crippen molar-refractivity contribution < 1.29 is 18.0 Å². The summed E-state index contributed by atoms with van der Waals surface area (Å²) in [4.78, 5) is 25.6. The van der Waals surface area contributed by atoms with Gasteiger partial charge in [-0.1, -0.05) is 6.07 Å². The van der Waals surface area contributed by atoms with Crippen LogP contribution in [0.4, 0.5) is 11.4 Å². The fourth-order valence-corrected chi connectivity index (χ4v) is 4.51. The Morgan fingerprint density at radius 3 is 2.57 bits per heavy atom. The summed E-state index contributed by atoms with van der Waals surface area (Å²) in [5.41, 5.74) is 2.12. The van der Waals surface area contributed by atoms with Gasteiger partial charge in [0.2, 0.25) is 15.9 Å². The van der Waals surface area contributed by atoms with Crippen molar-refractivity contribution in [2.24, 2.45) is 0 Å². The molecule has 1 aliphatic rings. The first-order valence-corrected chi connectivity index (χ1v) is 10.9. The molecule has 1 aliphatic heterocycles. The molecule has 2 amide bonds. The first-order valence-electron chi connectivity index (χ1n) is 8.55. The lowest BCUT2D eigenvalue weighted by Crippen LogP contribution is -2.26. The Morgan fingerprint density at radius 1 is 1.18 bits per heavy atom. The highest BCUT2D eigenvalue weighted by atomic mass is 32.2. The number of nitrogens with zero attached hydrogens (tertiary/aromatic N) is 1.